The van der Waals surface area contributed by atoms with Crippen molar-refractivity contribution in [3.8, 4) is 0 Å². The number of likely N-dealkylation sites (N-methyl/N-ethyl adjacent to an activating group) is 1. The van der Waals surface area contributed by atoms with Gasteiger partial charge in [-0.05, 0) is 30.3 Å². The highest BCUT2D eigenvalue weighted by Crippen LogP contribution is 2.25. The summed E-state index contributed by atoms with van der Waals surface area (Å²) in [6.45, 7) is -0.1000. The Morgan fingerprint density at radius 1 is 1.11 bits per heavy atom. The normalized spacial score (nSPS) is 11.0. The van der Waals surface area contributed by atoms with Crippen LogP contribution in [0.15, 0.2) is 60.8 Å². The summed E-state index contributed by atoms with van der Waals surface area (Å²) >= 11 is 11.8. The van der Waals surface area contributed by atoms with Gasteiger partial charge in [-0.25, -0.2) is 0 Å². The van der Waals surface area contributed by atoms with Crippen molar-refractivity contribution in [3.63, 3.8) is 0 Å². The Morgan fingerprint density at radius 3 is 2.68 bits per heavy atom. The van der Waals surface area contributed by atoms with E-state index in [2.05, 4.69) is 10.3 Å². The number of hydrogen-bond donors (Lipinski definition) is 1. The molecule has 1 aromatic heterocycles. The molecule has 5 nitrogen and oxygen atoms in total. The van der Waals surface area contributed by atoms with Crippen LogP contribution in [0.4, 0.5) is 5.69 Å². The molecular formula is C21H17Cl2N3O2. The van der Waals surface area contributed by atoms with E-state index < -0.39 is 0 Å². The van der Waals surface area contributed by atoms with Gasteiger partial charge >= 0.3 is 0 Å². The summed E-state index contributed by atoms with van der Waals surface area (Å²) in [5, 5.41) is 4.42. The summed E-state index contributed by atoms with van der Waals surface area (Å²) in [4.78, 5) is 30.2. The molecule has 3 rings (SSSR count). The number of carbonyl (C=O) groups excluding carboxylic acids is 2. The van der Waals surface area contributed by atoms with Crippen LogP contribution in [0.25, 0.3) is 17.0 Å². The molecule has 0 radical (unpaired) electrons. The number of nitrogens with zero attached hydrogens (tertiary/aromatic N) is 2. The highest BCUT2D eigenvalue weighted by Gasteiger charge is 2.11. The Morgan fingerprint density at radius 2 is 1.89 bits per heavy atom. The molecule has 0 aliphatic carbocycles. The molecule has 2 amide bonds. The van der Waals surface area contributed by atoms with Gasteiger partial charge in [-0.3, -0.25) is 14.6 Å². The summed E-state index contributed by atoms with van der Waals surface area (Å²) < 4.78 is 0. The molecule has 1 N–H and O–H groups in total. The lowest BCUT2D eigenvalue weighted by atomic mass is 10.1. The summed E-state index contributed by atoms with van der Waals surface area (Å²) in [5.41, 5.74) is 2.16. The van der Waals surface area contributed by atoms with Crippen molar-refractivity contribution in [2.24, 2.45) is 0 Å². The molecule has 0 bridgehead atoms. The van der Waals surface area contributed by atoms with Gasteiger partial charge in [0.15, 0.2) is 0 Å². The van der Waals surface area contributed by atoms with Gasteiger partial charge in [-0.15, -0.1) is 0 Å². The molecular weight excluding hydrogens is 397 g/mol. The molecule has 2 aromatic carbocycles. The maximum atomic E-state index is 12.3. The van der Waals surface area contributed by atoms with Crippen molar-refractivity contribution in [3.05, 3.63) is 76.4 Å². The molecule has 0 atom stereocenters. The monoisotopic (exact) mass is 413 g/mol. The Bertz CT molecular complexity index is 1060. The summed E-state index contributed by atoms with van der Waals surface area (Å²) in [5.74, 6) is -0.633. The molecule has 1 heterocycles. The Labute approximate surface area is 172 Å². The standard InChI is InChI=1S/C21H17Cl2N3O2/c1-26(13-19(27)25-16-8-9-17(22)18(23)12-16)20(28)10-7-15-5-2-4-14-6-3-11-24-21(14)15/h2-12H,13H2,1H3,(H,25,27)/b10-7+. The molecule has 28 heavy (non-hydrogen) atoms. The first-order valence-electron chi connectivity index (χ1n) is 8.46. The second kappa shape index (κ2) is 8.87. The minimum Gasteiger partial charge on any atom is -0.333 e. The van der Waals surface area contributed by atoms with Gasteiger partial charge in [0.25, 0.3) is 0 Å². The van der Waals surface area contributed by atoms with Crippen LogP contribution in [0, 0.1) is 0 Å². The van der Waals surface area contributed by atoms with Gasteiger partial charge in [0.2, 0.25) is 11.8 Å². The summed E-state index contributed by atoms with van der Waals surface area (Å²) in [7, 11) is 1.56. The SMILES string of the molecule is CN(CC(=O)Nc1ccc(Cl)c(Cl)c1)C(=O)/C=C/c1cccc2cccnc12. The molecule has 7 heteroatoms. The van der Waals surface area contributed by atoms with Crippen LogP contribution >= 0.6 is 23.2 Å². The topological polar surface area (TPSA) is 62.3 Å². The zero-order valence-corrected chi connectivity index (χ0v) is 16.5. The molecule has 0 spiro atoms. The third-order valence-electron chi connectivity index (χ3n) is 4.03. The van der Waals surface area contributed by atoms with Gasteiger partial charge in [0.1, 0.15) is 0 Å². The van der Waals surface area contributed by atoms with Gasteiger partial charge in [-0.1, -0.05) is 47.5 Å². The van der Waals surface area contributed by atoms with Gasteiger partial charge in [0.05, 0.1) is 22.1 Å². The van der Waals surface area contributed by atoms with Crippen molar-refractivity contribution in [2.75, 3.05) is 18.9 Å². The van der Waals surface area contributed by atoms with Crippen molar-refractivity contribution in [1.82, 2.24) is 9.88 Å². The minimum absolute atomic E-state index is 0.1000. The second-order valence-electron chi connectivity index (χ2n) is 6.13. The highest BCUT2D eigenvalue weighted by atomic mass is 35.5. The minimum atomic E-state index is -0.338. The van der Waals surface area contributed by atoms with Crippen LogP contribution in [0.1, 0.15) is 5.56 Å². The summed E-state index contributed by atoms with van der Waals surface area (Å²) in [6.07, 6.45) is 4.84. The smallest absolute Gasteiger partial charge is 0.246 e. The number of fused-ring (bicyclic) bond motifs is 1. The number of benzene rings is 2. The molecule has 0 saturated heterocycles. The predicted molar refractivity (Wildman–Crippen MR) is 114 cm³/mol. The molecule has 142 valence electrons. The average molecular weight is 414 g/mol. The van der Waals surface area contributed by atoms with E-state index in [9.17, 15) is 9.59 Å². The Kier molecular flexibility index (Phi) is 6.29. The number of aromatic nitrogens is 1. The fraction of sp³-hybridized carbons (Fsp3) is 0.0952. The highest BCUT2D eigenvalue weighted by molar-refractivity contribution is 6.42. The molecule has 0 saturated carbocycles. The number of halogens is 2. The van der Waals surface area contributed by atoms with Crippen LogP contribution in [0.5, 0.6) is 0 Å². The number of rotatable bonds is 5. The molecule has 0 aliphatic rings. The number of nitrogens with one attached hydrogen (secondary N) is 1. The Balaban J connectivity index is 1.63. The maximum Gasteiger partial charge on any atom is 0.246 e. The third kappa shape index (κ3) is 4.88. The first-order chi connectivity index (χ1) is 13.4. The number of hydrogen-bond acceptors (Lipinski definition) is 3. The maximum absolute atomic E-state index is 12.3. The van der Waals surface area contributed by atoms with E-state index >= 15 is 0 Å². The van der Waals surface area contributed by atoms with Gasteiger partial charge < -0.3 is 10.2 Å². The van der Waals surface area contributed by atoms with E-state index in [1.54, 1.807) is 37.5 Å². The van der Waals surface area contributed by atoms with E-state index in [0.717, 1.165) is 16.5 Å². The van der Waals surface area contributed by atoms with Gasteiger partial charge in [0, 0.05) is 36.0 Å². The quantitative estimate of drug-likeness (QED) is 0.619. The van der Waals surface area contributed by atoms with E-state index in [0.29, 0.717) is 15.7 Å². The van der Waals surface area contributed by atoms with Gasteiger partial charge in [-0.2, -0.15) is 0 Å². The molecule has 0 fully saturated rings. The van der Waals surface area contributed by atoms with Crippen molar-refractivity contribution >= 4 is 57.7 Å². The van der Waals surface area contributed by atoms with Crippen molar-refractivity contribution in [2.45, 2.75) is 0 Å². The van der Waals surface area contributed by atoms with E-state index in [4.69, 9.17) is 23.2 Å². The number of carbonyl (C=O) groups is 2. The number of pyridine rings is 1. The lowest BCUT2D eigenvalue weighted by Crippen LogP contribution is -2.33. The molecule has 3 aromatic rings. The van der Waals surface area contributed by atoms with Crippen molar-refractivity contribution in [1.29, 1.82) is 0 Å². The van der Waals surface area contributed by atoms with Crippen LogP contribution in [0.2, 0.25) is 10.0 Å². The lowest BCUT2D eigenvalue weighted by Gasteiger charge is -2.15. The number of amides is 2. The molecule has 0 unspecified atom stereocenters. The van der Waals surface area contributed by atoms with E-state index in [1.807, 2.05) is 30.3 Å². The molecule has 0 aliphatic heterocycles. The average Bonchev–Trinajstić information content (AvgIpc) is 2.68. The van der Waals surface area contributed by atoms with Crippen LogP contribution in [-0.4, -0.2) is 35.3 Å². The fourth-order valence-electron chi connectivity index (χ4n) is 2.62. The second-order valence-corrected chi connectivity index (χ2v) is 6.94. The number of anilines is 1. The predicted octanol–water partition coefficient (Wildman–Crippen LogP) is 4.65. The zero-order chi connectivity index (χ0) is 20.1. The van der Waals surface area contributed by atoms with Crippen molar-refractivity contribution < 1.29 is 9.59 Å². The fourth-order valence-corrected chi connectivity index (χ4v) is 2.92. The zero-order valence-electron chi connectivity index (χ0n) is 15.0. The number of para-hydroxylation sites is 1. The van der Waals surface area contributed by atoms with Crippen LogP contribution in [0.3, 0.4) is 0 Å². The first kappa shape index (κ1) is 19.9. The van der Waals surface area contributed by atoms with E-state index in [1.165, 1.54) is 11.0 Å². The van der Waals surface area contributed by atoms with Crippen LogP contribution < -0.4 is 5.32 Å². The summed E-state index contributed by atoms with van der Waals surface area (Å²) in [6, 6.07) is 14.4. The lowest BCUT2D eigenvalue weighted by molar-refractivity contribution is -0.129. The third-order valence-corrected chi connectivity index (χ3v) is 4.77. The largest absolute Gasteiger partial charge is 0.333 e. The van der Waals surface area contributed by atoms with E-state index in [-0.39, 0.29) is 18.4 Å². The Hall–Kier alpha value is -2.89. The van der Waals surface area contributed by atoms with Crippen LogP contribution in [-0.2, 0) is 9.59 Å². The first-order valence-corrected chi connectivity index (χ1v) is 9.21.